The Hall–Kier alpha value is -0.910. The van der Waals surface area contributed by atoms with Crippen molar-refractivity contribution in [2.45, 2.75) is 0 Å². The van der Waals surface area contributed by atoms with Gasteiger partial charge in [-0.2, -0.15) is 0 Å². The Kier molecular flexibility index (Phi) is 1.24. The van der Waals surface area contributed by atoms with Gasteiger partial charge in [-0.05, 0) is 0 Å². The largest absolute Gasteiger partial charge is 0.267 e. The van der Waals surface area contributed by atoms with Gasteiger partial charge in [-0.1, -0.05) is 4.20 Å². The van der Waals surface area contributed by atoms with Crippen LogP contribution in [0.1, 0.15) is 0 Å². The lowest BCUT2D eigenvalue weighted by Crippen LogP contribution is -2.12. The van der Waals surface area contributed by atoms with E-state index < -0.39 is 10.0 Å². The lowest BCUT2D eigenvalue weighted by molar-refractivity contribution is 0.575. The summed E-state index contributed by atoms with van der Waals surface area (Å²) in [7, 11) is -3.27. The minimum Gasteiger partial charge on any atom is -0.203 e. The third-order valence-electron chi connectivity index (χ3n) is 0.694. The highest BCUT2D eigenvalue weighted by Crippen LogP contribution is 1.82. The minimum atomic E-state index is -3.27. The van der Waals surface area contributed by atoms with E-state index in [-0.39, 0.29) is 0 Å². The lowest BCUT2D eigenvalue weighted by Gasteiger charge is -1.89. The first-order valence-corrected chi connectivity index (χ1v) is 4.02. The van der Waals surface area contributed by atoms with Gasteiger partial charge in [0.2, 0.25) is 0 Å². The first-order valence-electron chi connectivity index (χ1n) is 2.17. The van der Waals surface area contributed by atoms with Crippen molar-refractivity contribution in [2.24, 2.45) is 0 Å². The second-order valence-corrected chi connectivity index (χ2v) is 3.31. The van der Waals surface area contributed by atoms with Crippen molar-refractivity contribution >= 4 is 10.0 Å². The van der Waals surface area contributed by atoms with Crippen LogP contribution in [0.25, 0.3) is 0 Å². The highest BCUT2D eigenvalue weighted by Gasteiger charge is 2.03. The smallest absolute Gasteiger partial charge is 0.203 e. The van der Waals surface area contributed by atoms with Gasteiger partial charge < -0.3 is 0 Å². The second kappa shape index (κ2) is 1.80. The van der Waals surface area contributed by atoms with Crippen LogP contribution >= 0.6 is 0 Å². The van der Waals surface area contributed by atoms with E-state index in [2.05, 4.69) is 10.2 Å². The predicted octanol–water partition coefficient (Wildman–Crippen LogP) is -0.914. The van der Waals surface area contributed by atoms with Gasteiger partial charge in [0.15, 0.2) is 0 Å². The fourth-order valence-electron chi connectivity index (χ4n) is 0.375. The third-order valence-corrected chi connectivity index (χ3v) is 1.48. The average molecular weight is 147 g/mol. The zero-order valence-corrected chi connectivity index (χ0v) is 5.54. The van der Waals surface area contributed by atoms with E-state index in [0.29, 0.717) is 4.20 Å². The van der Waals surface area contributed by atoms with Crippen LogP contribution in [0.3, 0.4) is 0 Å². The molecule has 0 spiro atoms. The third kappa shape index (κ3) is 1.26. The molecule has 1 heterocycles. The van der Waals surface area contributed by atoms with Crippen molar-refractivity contribution in [1.29, 1.82) is 0 Å². The summed E-state index contributed by atoms with van der Waals surface area (Å²) in [6.07, 6.45) is 3.65. The molecule has 0 aliphatic carbocycles. The molecule has 0 aromatic carbocycles. The zero-order valence-electron chi connectivity index (χ0n) is 4.72. The van der Waals surface area contributed by atoms with E-state index in [1.54, 1.807) is 0 Å². The van der Waals surface area contributed by atoms with Gasteiger partial charge in [-0.25, -0.2) is 8.42 Å². The van der Waals surface area contributed by atoms with Gasteiger partial charge in [0.1, 0.15) is 0 Å². The number of aromatic nitrogens is 3. The molecule has 0 unspecified atom stereocenters. The molecule has 0 atom stereocenters. The van der Waals surface area contributed by atoms with E-state index in [9.17, 15) is 8.42 Å². The standard InChI is InChI=1S/C3H5N3O2S/c1-9(7,8)6-4-2-3-5-6/h2-3H,1H3. The van der Waals surface area contributed by atoms with Gasteiger partial charge in [0, 0.05) is 0 Å². The second-order valence-electron chi connectivity index (χ2n) is 1.51. The van der Waals surface area contributed by atoms with Crippen molar-refractivity contribution in [3.63, 3.8) is 0 Å². The Labute approximate surface area is 52.4 Å². The van der Waals surface area contributed by atoms with Gasteiger partial charge >= 0.3 is 0 Å². The topological polar surface area (TPSA) is 64.8 Å². The number of rotatable bonds is 1. The Morgan fingerprint density at radius 2 is 1.78 bits per heavy atom. The summed E-state index contributed by atoms with van der Waals surface area (Å²) in [5.41, 5.74) is 0. The molecule has 1 aromatic rings. The summed E-state index contributed by atoms with van der Waals surface area (Å²) < 4.78 is 21.7. The number of nitrogens with zero attached hydrogens (tertiary/aromatic N) is 3. The molecule has 0 saturated heterocycles. The Morgan fingerprint density at radius 1 is 1.33 bits per heavy atom. The zero-order chi connectivity index (χ0) is 6.91. The van der Waals surface area contributed by atoms with E-state index >= 15 is 0 Å². The van der Waals surface area contributed by atoms with Crippen molar-refractivity contribution in [2.75, 3.05) is 6.26 Å². The normalized spacial score (nSPS) is 11.7. The molecule has 0 aliphatic heterocycles. The van der Waals surface area contributed by atoms with Crippen molar-refractivity contribution in [3.8, 4) is 0 Å². The van der Waals surface area contributed by atoms with Crippen LogP contribution in [0.2, 0.25) is 0 Å². The Bertz CT molecular complexity index is 274. The molecule has 0 saturated carbocycles. The summed E-state index contributed by atoms with van der Waals surface area (Å²) >= 11 is 0. The van der Waals surface area contributed by atoms with Gasteiger partial charge in [0.05, 0.1) is 18.6 Å². The molecule has 1 aromatic heterocycles. The molecule has 0 N–H and O–H groups in total. The van der Waals surface area contributed by atoms with E-state index in [1.165, 1.54) is 12.4 Å². The van der Waals surface area contributed by atoms with Crippen LogP contribution in [0.4, 0.5) is 0 Å². The fourth-order valence-corrected chi connectivity index (χ4v) is 0.826. The average Bonchev–Trinajstić information content (AvgIpc) is 2.08. The summed E-state index contributed by atoms with van der Waals surface area (Å²) in [5, 5.41) is 6.81. The summed E-state index contributed by atoms with van der Waals surface area (Å²) in [4.78, 5) is 0. The molecule has 1 rings (SSSR count). The van der Waals surface area contributed by atoms with Crippen LogP contribution in [-0.4, -0.2) is 29.1 Å². The van der Waals surface area contributed by atoms with Crippen molar-refractivity contribution < 1.29 is 8.42 Å². The molecule has 6 heteroatoms. The fraction of sp³-hybridized carbons (Fsp3) is 0.333. The highest BCUT2D eigenvalue weighted by atomic mass is 32.2. The molecule has 0 amide bonds. The molecule has 50 valence electrons. The highest BCUT2D eigenvalue weighted by molar-refractivity contribution is 7.88. The molecule has 0 aliphatic rings. The Morgan fingerprint density at radius 3 is 2.00 bits per heavy atom. The predicted molar refractivity (Wildman–Crippen MR) is 30.3 cm³/mol. The maximum Gasteiger partial charge on any atom is 0.267 e. The van der Waals surface area contributed by atoms with Gasteiger partial charge in [-0.3, -0.25) is 0 Å². The summed E-state index contributed by atoms with van der Waals surface area (Å²) in [5.74, 6) is 0. The monoisotopic (exact) mass is 147 g/mol. The first kappa shape index (κ1) is 6.21. The van der Waals surface area contributed by atoms with Crippen molar-refractivity contribution in [1.82, 2.24) is 14.4 Å². The molecule has 0 bridgehead atoms. The van der Waals surface area contributed by atoms with Crippen LogP contribution < -0.4 is 0 Å². The molecule has 5 nitrogen and oxygen atoms in total. The van der Waals surface area contributed by atoms with Gasteiger partial charge in [-0.15, -0.1) is 10.2 Å². The van der Waals surface area contributed by atoms with Gasteiger partial charge in [0.25, 0.3) is 10.0 Å². The van der Waals surface area contributed by atoms with Crippen LogP contribution in [-0.2, 0) is 10.0 Å². The summed E-state index contributed by atoms with van der Waals surface area (Å²) in [6, 6.07) is 0. The molecule has 0 fully saturated rings. The maximum absolute atomic E-state index is 10.5. The quantitative estimate of drug-likeness (QED) is 0.515. The first-order chi connectivity index (χ1) is 4.11. The van der Waals surface area contributed by atoms with E-state index in [0.717, 1.165) is 6.26 Å². The number of hydrogen-bond donors (Lipinski definition) is 0. The lowest BCUT2D eigenvalue weighted by atomic mass is 11.0. The van der Waals surface area contributed by atoms with Crippen LogP contribution in [0.5, 0.6) is 0 Å². The maximum atomic E-state index is 10.5. The minimum absolute atomic E-state index is 0.660. The number of hydrogen-bond acceptors (Lipinski definition) is 4. The van der Waals surface area contributed by atoms with Crippen molar-refractivity contribution in [3.05, 3.63) is 12.4 Å². The molecular formula is C3H5N3O2S. The SMILES string of the molecule is CS(=O)(=O)n1nccn1. The van der Waals surface area contributed by atoms with Crippen LogP contribution in [0.15, 0.2) is 12.4 Å². The van der Waals surface area contributed by atoms with Crippen LogP contribution in [0, 0.1) is 0 Å². The Balaban J connectivity index is 3.20. The molecule has 9 heavy (non-hydrogen) atoms. The van der Waals surface area contributed by atoms with E-state index in [4.69, 9.17) is 0 Å². The molecule has 0 radical (unpaired) electrons. The molecular weight excluding hydrogens is 142 g/mol. The van der Waals surface area contributed by atoms with E-state index in [1.807, 2.05) is 0 Å². The summed E-state index contributed by atoms with van der Waals surface area (Å²) in [6.45, 7) is 0.